The molecule has 1 heterocycles. The van der Waals surface area contributed by atoms with Crippen LogP contribution in [0.2, 0.25) is 0 Å². The molecule has 0 spiro atoms. The van der Waals surface area contributed by atoms with E-state index in [-0.39, 0.29) is 0 Å². The van der Waals surface area contributed by atoms with Crippen molar-refractivity contribution < 1.29 is 9.53 Å². The Morgan fingerprint density at radius 2 is 2.25 bits per heavy atom. The average molecular weight is 273 g/mol. The van der Waals surface area contributed by atoms with Crippen LogP contribution in [0.25, 0.3) is 0 Å². The third-order valence-corrected chi connectivity index (χ3v) is 3.08. The molecule has 5 nitrogen and oxygen atoms in total. The molecule has 1 aromatic heterocycles. The topological polar surface area (TPSA) is 70.1 Å². The molecule has 0 aliphatic carbocycles. The second kappa shape index (κ2) is 6.23. The number of ether oxygens (including phenoxy) is 1. The van der Waals surface area contributed by atoms with E-state index in [0.29, 0.717) is 12.2 Å². The van der Waals surface area contributed by atoms with Crippen LogP contribution in [0.1, 0.15) is 34.8 Å². The Bertz CT molecular complexity index is 605. The second-order valence-electron chi connectivity index (χ2n) is 4.73. The van der Waals surface area contributed by atoms with E-state index in [4.69, 9.17) is 10.5 Å². The summed E-state index contributed by atoms with van der Waals surface area (Å²) in [6.07, 6.45) is 4.63. The van der Waals surface area contributed by atoms with Crippen molar-refractivity contribution in [3.05, 3.63) is 47.3 Å². The summed E-state index contributed by atoms with van der Waals surface area (Å²) in [5.41, 5.74) is 7.78. The fourth-order valence-electron chi connectivity index (χ4n) is 1.94. The molecular weight excluding hydrogens is 254 g/mol. The fourth-order valence-corrected chi connectivity index (χ4v) is 1.94. The van der Waals surface area contributed by atoms with Crippen LogP contribution in [0.4, 0.5) is 0 Å². The van der Waals surface area contributed by atoms with E-state index in [1.54, 1.807) is 18.3 Å². The van der Waals surface area contributed by atoms with Crippen LogP contribution in [0.15, 0.2) is 30.6 Å². The van der Waals surface area contributed by atoms with E-state index in [9.17, 15) is 4.79 Å². The van der Waals surface area contributed by atoms with Crippen LogP contribution in [-0.2, 0) is 13.2 Å². The van der Waals surface area contributed by atoms with Crippen molar-refractivity contribution in [2.45, 2.75) is 33.4 Å². The van der Waals surface area contributed by atoms with E-state index in [0.717, 1.165) is 29.8 Å². The maximum absolute atomic E-state index is 11.1. The van der Waals surface area contributed by atoms with E-state index in [1.165, 1.54) is 0 Å². The number of primary amides is 1. The quantitative estimate of drug-likeness (QED) is 0.877. The molecule has 0 radical (unpaired) electrons. The number of aromatic nitrogens is 2. The van der Waals surface area contributed by atoms with E-state index < -0.39 is 5.91 Å². The van der Waals surface area contributed by atoms with Crippen molar-refractivity contribution in [3.8, 4) is 5.75 Å². The first-order valence-electron chi connectivity index (χ1n) is 6.64. The Labute approximate surface area is 118 Å². The summed E-state index contributed by atoms with van der Waals surface area (Å²) in [4.78, 5) is 11.1. The van der Waals surface area contributed by atoms with Crippen molar-refractivity contribution in [1.29, 1.82) is 0 Å². The summed E-state index contributed by atoms with van der Waals surface area (Å²) >= 11 is 0. The molecule has 0 aliphatic heterocycles. The molecule has 1 amide bonds. The molecule has 1 aromatic carbocycles. The van der Waals surface area contributed by atoms with Crippen LogP contribution in [0.5, 0.6) is 5.75 Å². The summed E-state index contributed by atoms with van der Waals surface area (Å²) in [6.45, 7) is 5.37. The minimum atomic E-state index is -0.415. The number of hydrogen-bond acceptors (Lipinski definition) is 3. The molecule has 0 bridgehead atoms. The molecule has 0 unspecified atom stereocenters. The van der Waals surface area contributed by atoms with E-state index in [1.807, 2.05) is 23.9 Å². The van der Waals surface area contributed by atoms with Crippen molar-refractivity contribution in [1.82, 2.24) is 9.78 Å². The predicted molar refractivity (Wildman–Crippen MR) is 76.5 cm³/mol. The highest BCUT2D eigenvalue weighted by molar-refractivity contribution is 5.93. The third kappa shape index (κ3) is 3.38. The van der Waals surface area contributed by atoms with Crippen molar-refractivity contribution in [2.75, 3.05) is 0 Å². The van der Waals surface area contributed by atoms with Crippen molar-refractivity contribution >= 4 is 5.91 Å². The number of rotatable bonds is 6. The Morgan fingerprint density at radius 3 is 2.90 bits per heavy atom. The average Bonchev–Trinajstić information content (AvgIpc) is 2.85. The van der Waals surface area contributed by atoms with Gasteiger partial charge in [-0.1, -0.05) is 13.0 Å². The number of hydrogen-bond donors (Lipinski definition) is 1. The molecule has 0 saturated heterocycles. The highest BCUT2D eigenvalue weighted by Gasteiger charge is 2.06. The first kappa shape index (κ1) is 14.1. The number of carbonyl (C=O) groups excluding carboxylic acids is 1. The normalized spacial score (nSPS) is 10.5. The Morgan fingerprint density at radius 1 is 1.45 bits per heavy atom. The third-order valence-electron chi connectivity index (χ3n) is 3.08. The van der Waals surface area contributed by atoms with Gasteiger partial charge in [0.25, 0.3) is 0 Å². The van der Waals surface area contributed by atoms with Crippen LogP contribution in [-0.4, -0.2) is 15.7 Å². The standard InChI is InChI=1S/C15H19N3O2/c1-3-6-18-9-14(8-17-18)20-10-13-5-4-12(15(16)19)7-11(13)2/h4-5,7-9H,3,6,10H2,1-2H3,(H2,16,19). The molecule has 2 aromatic rings. The molecule has 106 valence electrons. The summed E-state index contributed by atoms with van der Waals surface area (Å²) in [5, 5.41) is 4.21. The molecule has 0 aliphatic rings. The summed E-state index contributed by atoms with van der Waals surface area (Å²) < 4.78 is 7.56. The van der Waals surface area contributed by atoms with Gasteiger partial charge in [-0.25, -0.2) is 0 Å². The molecule has 0 saturated carbocycles. The van der Waals surface area contributed by atoms with Gasteiger partial charge in [0, 0.05) is 12.1 Å². The van der Waals surface area contributed by atoms with Crippen LogP contribution in [0.3, 0.4) is 0 Å². The summed E-state index contributed by atoms with van der Waals surface area (Å²) in [7, 11) is 0. The largest absolute Gasteiger partial charge is 0.486 e. The van der Waals surface area contributed by atoms with Crippen LogP contribution >= 0.6 is 0 Å². The Kier molecular flexibility index (Phi) is 4.40. The highest BCUT2D eigenvalue weighted by atomic mass is 16.5. The zero-order chi connectivity index (χ0) is 14.5. The lowest BCUT2D eigenvalue weighted by molar-refractivity contribution is 0.1000. The van der Waals surface area contributed by atoms with Gasteiger partial charge in [0.2, 0.25) is 5.91 Å². The van der Waals surface area contributed by atoms with Gasteiger partial charge < -0.3 is 10.5 Å². The smallest absolute Gasteiger partial charge is 0.248 e. The summed E-state index contributed by atoms with van der Waals surface area (Å²) in [6, 6.07) is 5.36. The monoisotopic (exact) mass is 273 g/mol. The van der Waals surface area contributed by atoms with Gasteiger partial charge in [-0.3, -0.25) is 9.48 Å². The number of carbonyl (C=O) groups is 1. The molecular formula is C15H19N3O2. The second-order valence-corrected chi connectivity index (χ2v) is 4.73. The lowest BCUT2D eigenvalue weighted by Gasteiger charge is -2.08. The minimum Gasteiger partial charge on any atom is -0.486 e. The van der Waals surface area contributed by atoms with Crippen molar-refractivity contribution in [2.24, 2.45) is 5.73 Å². The lowest BCUT2D eigenvalue weighted by Crippen LogP contribution is -2.11. The van der Waals surface area contributed by atoms with Crippen molar-refractivity contribution in [3.63, 3.8) is 0 Å². The molecule has 5 heteroatoms. The molecule has 20 heavy (non-hydrogen) atoms. The lowest BCUT2D eigenvalue weighted by atomic mass is 10.1. The first-order valence-corrected chi connectivity index (χ1v) is 6.64. The number of nitrogens with two attached hydrogens (primary N) is 1. The van der Waals surface area contributed by atoms with Gasteiger partial charge in [-0.15, -0.1) is 0 Å². The maximum Gasteiger partial charge on any atom is 0.248 e. The number of benzene rings is 1. The van der Waals surface area contributed by atoms with E-state index in [2.05, 4.69) is 12.0 Å². The Hall–Kier alpha value is -2.30. The minimum absolute atomic E-state index is 0.415. The molecule has 2 rings (SSSR count). The number of amides is 1. The fraction of sp³-hybridized carbons (Fsp3) is 0.333. The number of aryl methyl sites for hydroxylation is 2. The number of nitrogens with zero attached hydrogens (tertiary/aromatic N) is 2. The van der Waals surface area contributed by atoms with Crippen LogP contribution in [0, 0.1) is 6.92 Å². The maximum atomic E-state index is 11.1. The van der Waals surface area contributed by atoms with Gasteiger partial charge in [0.1, 0.15) is 6.61 Å². The van der Waals surface area contributed by atoms with Gasteiger partial charge in [-0.2, -0.15) is 5.10 Å². The first-order chi connectivity index (χ1) is 9.60. The zero-order valence-electron chi connectivity index (χ0n) is 11.8. The molecule has 0 fully saturated rings. The van der Waals surface area contributed by atoms with Gasteiger partial charge >= 0.3 is 0 Å². The predicted octanol–water partition coefficient (Wildman–Crippen LogP) is 2.28. The zero-order valence-corrected chi connectivity index (χ0v) is 11.8. The summed E-state index contributed by atoms with van der Waals surface area (Å²) in [5.74, 6) is 0.332. The molecule has 2 N–H and O–H groups in total. The molecule has 0 atom stereocenters. The van der Waals surface area contributed by atoms with Gasteiger partial charge in [-0.05, 0) is 36.6 Å². The van der Waals surface area contributed by atoms with Crippen LogP contribution < -0.4 is 10.5 Å². The SMILES string of the molecule is CCCn1cc(OCc2ccc(C(N)=O)cc2C)cn1. The van der Waals surface area contributed by atoms with Gasteiger partial charge in [0.15, 0.2) is 5.75 Å². The van der Waals surface area contributed by atoms with E-state index >= 15 is 0 Å². The highest BCUT2D eigenvalue weighted by Crippen LogP contribution is 2.15. The Balaban J connectivity index is 2.01. The van der Waals surface area contributed by atoms with Gasteiger partial charge in [0.05, 0.1) is 12.4 Å².